The zero-order valence-electron chi connectivity index (χ0n) is 24.0. The molecule has 0 aromatic heterocycles. The molecule has 10 heteroatoms. The zero-order valence-corrected chi connectivity index (χ0v) is 24.0. The first-order valence-electron chi connectivity index (χ1n) is 15.0. The molecule has 0 saturated carbocycles. The summed E-state index contributed by atoms with van der Waals surface area (Å²) in [5.41, 5.74) is 3.78. The summed E-state index contributed by atoms with van der Waals surface area (Å²) >= 11 is 0. The monoisotopic (exact) mass is 582 g/mol. The number of aliphatic carboxylic acids is 1. The zero-order chi connectivity index (χ0) is 29.4. The molecule has 3 N–H and O–H groups in total. The third-order valence-corrected chi connectivity index (χ3v) is 8.29. The van der Waals surface area contributed by atoms with Crippen LogP contribution in [-0.2, 0) is 41.7 Å². The van der Waals surface area contributed by atoms with Crippen molar-refractivity contribution in [1.29, 1.82) is 0 Å². The summed E-state index contributed by atoms with van der Waals surface area (Å²) in [5.74, 6) is -1.34. The molecule has 3 fully saturated rings. The van der Waals surface area contributed by atoms with Crippen LogP contribution in [0, 0.1) is 0 Å². The lowest BCUT2D eigenvalue weighted by atomic mass is 9.98. The third-order valence-electron chi connectivity index (χ3n) is 8.29. The Morgan fingerprint density at radius 1 is 0.881 bits per heavy atom. The van der Waals surface area contributed by atoms with Crippen LogP contribution in [0.1, 0.15) is 79.6 Å². The van der Waals surface area contributed by atoms with E-state index in [0.717, 1.165) is 61.2 Å². The first-order chi connectivity index (χ1) is 20.4. The molecule has 42 heavy (non-hydrogen) atoms. The van der Waals surface area contributed by atoms with Crippen molar-refractivity contribution in [3.63, 3.8) is 0 Å². The van der Waals surface area contributed by atoms with E-state index in [9.17, 15) is 14.7 Å². The van der Waals surface area contributed by atoms with Gasteiger partial charge in [0.2, 0.25) is 5.91 Å². The average Bonchev–Trinajstić information content (AvgIpc) is 3.47. The Morgan fingerprint density at radius 3 is 2.19 bits per heavy atom. The van der Waals surface area contributed by atoms with Crippen molar-refractivity contribution in [2.45, 2.75) is 82.4 Å². The van der Waals surface area contributed by atoms with E-state index >= 15 is 0 Å². The van der Waals surface area contributed by atoms with Gasteiger partial charge >= 0.3 is 5.97 Å². The molecule has 2 aromatic rings. The number of carbonyl (C=O) groups is 2. The molecule has 0 bridgehead atoms. The predicted molar refractivity (Wildman–Crippen MR) is 153 cm³/mol. The SMILES string of the molecule is O=C(O)CCCCC(=O)NCc1ccc(C2OC(CN3CCC4(CC3)OCCO4)CC(c3ccc(CO)cc3)O2)cc1. The van der Waals surface area contributed by atoms with E-state index in [1.54, 1.807) is 0 Å². The van der Waals surface area contributed by atoms with Gasteiger partial charge in [-0.1, -0.05) is 48.5 Å². The van der Waals surface area contributed by atoms with Crippen molar-refractivity contribution in [3.05, 3.63) is 70.8 Å². The second-order valence-electron chi connectivity index (χ2n) is 11.4. The van der Waals surface area contributed by atoms with E-state index in [1.807, 2.05) is 48.5 Å². The molecule has 0 radical (unpaired) electrons. The number of ether oxygens (including phenoxy) is 4. The Labute approximate surface area is 246 Å². The number of likely N-dealkylation sites (tertiary alicyclic amines) is 1. The van der Waals surface area contributed by atoms with Crippen molar-refractivity contribution in [3.8, 4) is 0 Å². The van der Waals surface area contributed by atoms with E-state index in [4.69, 9.17) is 24.1 Å². The number of nitrogens with zero attached hydrogens (tertiary/aromatic N) is 1. The van der Waals surface area contributed by atoms with Gasteiger partial charge in [0.05, 0.1) is 32.0 Å². The second-order valence-corrected chi connectivity index (χ2v) is 11.4. The smallest absolute Gasteiger partial charge is 0.303 e. The highest BCUT2D eigenvalue weighted by atomic mass is 16.7. The van der Waals surface area contributed by atoms with Crippen LogP contribution in [0.4, 0.5) is 0 Å². The molecule has 228 valence electrons. The standard InChI is InChI=1S/C32H42N2O8/c35-22-24-7-9-25(10-8-24)28-19-27(21-34-15-13-32(14-16-34)39-17-18-40-32)41-31(42-28)26-11-5-23(6-12-26)20-33-29(36)3-1-2-4-30(37)38/h5-12,27-28,31,35H,1-4,13-22H2,(H,33,36)(H,37,38). The van der Waals surface area contributed by atoms with Crippen molar-refractivity contribution in [1.82, 2.24) is 10.2 Å². The minimum absolute atomic E-state index is 0.00156. The van der Waals surface area contributed by atoms with Gasteiger partial charge in [-0.25, -0.2) is 0 Å². The molecular formula is C32H42N2O8. The Bertz CT molecular complexity index is 1160. The van der Waals surface area contributed by atoms with Gasteiger partial charge in [-0.3, -0.25) is 9.59 Å². The number of rotatable bonds is 12. The van der Waals surface area contributed by atoms with E-state index in [2.05, 4.69) is 10.2 Å². The molecule has 3 aliphatic heterocycles. The number of carboxylic acid groups (broad SMARTS) is 1. The summed E-state index contributed by atoms with van der Waals surface area (Å²) in [6.07, 6.45) is 3.14. The maximum absolute atomic E-state index is 12.1. The second kappa shape index (κ2) is 14.5. The summed E-state index contributed by atoms with van der Waals surface area (Å²) in [7, 11) is 0. The molecule has 3 heterocycles. The first kappa shape index (κ1) is 30.6. The fourth-order valence-electron chi connectivity index (χ4n) is 5.83. The number of carbonyl (C=O) groups excluding carboxylic acids is 1. The fourth-order valence-corrected chi connectivity index (χ4v) is 5.83. The number of benzene rings is 2. The van der Waals surface area contributed by atoms with Gasteiger partial charge in [-0.05, 0) is 29.5 Å². The molecule has 2 aromatic carbocycles. The molecule has 3 unspecified atom stereocenters. The molecule has 3 saturated heterocycles. The van der Waals surface area contributed by atoms with Crippen molar-refractivity contribution >= 4 is 11.9 Å². The largest absolute Gasteiger partial charge is 0.481 e. The minimum atomic E-state index is -0.840. The molecule has 3 aliphatic rings. The van der Waals surface area contributed by atoms with E-state index in [0.29, 0.717) is 39.0 Å². The van der Waals surface area contributed by atoms with Crippen LogP contribution in [0.3, 0.4) is 0 Å². The number of nitrogens with one attached hydrogen (secondary N) is 1. The van der Waals surface area contributed by atoms with Crippen LogP contribution in [0.15, 0.2) is 48.5 Å². The minimum Gasteiger partial charge on any atom is -0.481 e. The number of hydrogen-bond acceptors (Lipinski definition) is 8. The number of piperidine rings is 1. The van der Waals surface area contributed by atoms with Crippen molar-refractivity contribution < 1.29 is 38.7 Å². The van der Waals surface area contributed by atoms with Gasteiger partial charge in [0, 0.05) is 63.8 Å². The topological polar surface area (TPSA) is 127 Å². The van der Waals surface area contributed by atoms with Gasteiger partial charge in [-0.2, -0.15) is 0 Å². The highest BCUT2D eigenvalue weighted by Crippen LogP contribution is 2.39. The van der Waals surface area contributed by atoms with Crippen molar-refractivity contribution in [2.24, 2.45) is 0 Å². The van der Waals surface area contributed by atoms with E-state index in [-0.39, 0.29) is 31.1 Å². The summed E-state index contributed by atoms with van der Waals surface area (Å²) in [6, 6.07) is 15.8. The number of unbranched alkanes of at least 4 members (excludes halogenated alkanes) is 1. The summed E-state index contributed by atoms with van der Waals surface area (Å²) in [5, 5.41) is 21.1. The van der Waals surface area contributed by atoms with Crippen LogP contribution in [0.2, 0.25) is 0 Å². The van der Waals surface area contributed by atoms with Crippen LogP contribution in [0.5, 0.6) is 0 Å². The highest BCUT2D eigenvalue weighted by molar-refractivity contribution is 5.75. The molecule has 5 rings (SSSR count). The maximum atomic E-state index is 12.1. The van der Waals surface area contributed by atoms with Crippen LogP contribution in [0.25, 0.3) is 0 Å². The van der Waals surface area contributed by atoms with Gasteiger partial charge in [-0.15, -0.1) is 0 Å². The summed E-state index contributed by atoms with van der Waals surface area (Å²) in [4.78, 5) is 25.2. The number of aliphatic hydroxyl groups excluding tert-OH is 1. The first-order valence-corrected chi connectivity index (χ1v) is 15.0. The number of hydrogen-bond donors (Lipinski definition) is 3. The molecular weight excluding hydrogens is 540 g/mol. The van der Waals surface area contributed by atoms with Crippen molar-refractivity contribution in [2.75, 3.05) is 32.8 Å². The Balaban J connectivity index is 1.19. The Hall–Kier alpha value is -2.86. The Morgan fingerprint density at radius 2 is 1.52 bits per heavy atom. The summed E-state index contributed by atoms with van der Waals surface area (Å²) < 4.78 is 24.8. The van der Waals surface area contributed by atoms with Gasteiger partial charge < -0.3 is 39.4 Å². The van der Waals surface area contributed by atoms with Crippen LogP contribution >= 0.6 is 0 Å². The lowest BCUT2D eigenvalue weighted by molar-refractivity contribution is -0.255. The molecule has 3 atom stereocenters. The summed E-state index contributed by atoms with van der Waals surface area (Å²) in [6.45, 7) is 4.31. The maximum Gasteiger partial charge on any atom is 0.303 e. The Kier molecular flexibility index (Phi) is 10.6. The lowest BCUT2D eigenvalue weighted by Crippen LogP contribution is -2.48. The van der Waals surface area contributed by atoms with Gasteiger partial charge in [0.25, 0.3) is 0 Å². The van der Waals surface area contributed by atoms with Gasteiger partial charge in [0.15, 0.2) is 12.1 Å². The van der Waals surface area contributed by atoms with E-state index < -0.39 is 18.0 Å². The van der Waals surface area contributed by atoms with E-state index in [1.165, 1.54) is 0 Å². The van der Waals surface area contributed by atoms with Gasteiger partial charge in [0.1, 0.15) is 0 Å². The number of amides is 1. The third kappa shape index (κ3) is 8.37. The molecule has 10 nitrogen and oxygen atoms in total. The quantitative estimate of drug-likeness (QED) is 0.320. The number of aliphatic hydroxyl groups is 1. The molecule has 1 amide bonds. The van der Waals surface area contributed by atoms with Crippen LogP contribution < -0.4 is 5.32 Å². The predicted octanol–water partition coefficient (Wildman–Crippen LogP) is 3.82. The van der Waals surface area contributed by atoms with Crippen LogP contribution in [-0.4, -0.2) is 71.7 Å². The molecule has 0 aliphatic carbocycles. The number of carboxylic acids is 1. The normalized spacial score (nSPS) is 24.1. The fraction of sp³-hybridized carbons (Fsp3) is 0.562. The average molecular weight is 583 g/mol. The lowest BCUT2D eigenvalue weighted by Gasteiger charge is -2.41. The highest BCUT2D eigenvalue weighted by Gasteiger charge is 2.41. The molecule has 1 spiro atoms.